The van der Waals surface area contributed by atoms with E-state index < -0.39 is 0 Å². The number of nitrogens with two attached hydrogens (primary N) is 1. The second-order valence-corrected chi connectivity index (χ2v) is 9.11. The first-order chi connectivity index (χ1) is 13.4. The first kappa shape index (κ1) is 18.9. The summed E-state index contributed by atoms with van der Waals surface area (Å²) in [5.41, 5.74) is 8.77. The van der Waals surface area contributed by atoms with Crippen molar-refractivity contribution in [1.29, 1.82) is 0 Å². The highest BCUT2D eigenvalue weighted by Crippen LogP contribution is 2.32. The van der Waals surface area contributed by atoms with Gasteiger partial charge >= 0.3 is 0 Å². The Hall–Kier alpha value is -2.44. The quantitative estimate of drug-likeness (QED) is 0.731. The maximum atomic E-state index is 13.4. The molecule has 5 nitrogen and oxygen atoms in total. The summed E-state index contributed by atoms with van der Waals surface area (Å²) < 4.78 is 1.87. The summed E-state index contributed by atoms with van der Waals surface area (Å²) in [6.07, 6.45) is 2.72. The van der Waals surface area contributed by atoms with Crippen LogP contribution < -0.4 is 5.73 Å². The molecule has 2 aromatic heterocycles. The number of carbonyl (C=O) groups excluding carboxylic acids is 1. The zero-order valence-corrected chi connectivity index (χ0v) is 17.2. The zero-order valence-electron chi connectivity index (χ0n) is 16.3. The summed E-state index contributed by atoms with van der Waals surface area (Å²) in [6.45, 7) is 6.27. The van der Waals surface area contributed by atoms with Crippen LogP contribution in [0.2, 0.25) is 0 Å². The van der Waals surface area contributed by atoms with Gasteiger partial charge in [0.05, 0.1) is 17.0 Å². The zero-order chi connectivity index (χ0) is 19.7. The first-order valence-electron chi connectivity index (χ1n) is 9.64. The number of likely N-dealkylation sites (tertiary alicyclic amines) is 1. The summed E-state index contributed by atoms with van der Waals surface area (Å²) in [5.74, 6) is 0.0442. The standard InChI is InChI=1S/C22H26N4OS/c1-22(2)15-25(11-10-19(22)23)21(27)17-14-26(13-16-7-4-3-5-8-16)24-20(17)18-9-6-12-28-18/h3-9,12,14,19H,10-11,13,15,23H2,1-2H3. The van der Waals surface area contributed by atoms with Crippen molar-refractivity contribution in [2.45, 2.75) is 32.9 Å². The number of amides is 1. The lowest BCUT2D eigenvalue weighted by Crippen LogP contribution is -2.54. The van der Waals surface area contributed by atoms with Gasteiger partial charge in [0.1, 0.15) is 5.69 Å². The van der Waals surface area contributed by atoms with E-state index in [4.69, 9.17) is 10.8 Å². The van der Waals surface area contributed by atoms with Crippen LogP contribution in [0.5, 0.6) is 0 Å². The van der Waals surface area contributed by atoms with Gasteiger partial charge in [-0.15, -0.1) is 11.3 Å². The van der Waals surface area contributed by atoms with Gasteiger partial charge in [-0.05, 0) is 28.8 Å². The molecule has 0 aliphatic carbocycles. The fraction of sp³-hybridized carbons (Fsp3) is 0.364. The van der Waals surface area contributed by atoms with E-state index in [-0.39, 0.29) is 17.4 Å². The molecular weight excluding hydrogens is 368 g/mol. The van der Waals surface area contributed by atoms with Crippen molar-refractivity contribution in [3.63, 3.8) is 0 Å². The number of benzene rings is 1. The summed E-state index contributed by atoms with van der Waals surface area (Å²) >= 11 is 1.61. The van der Waals surface area contributed by atoms with Crippen LogP contribution >= 0.6 is 11.3 Å². The Labute approximate surface area is 169 Å². The molecule has 3 heterocycles. The third-order valence-electron chi connectivity index (χ3n) is 5.53. The molecule has 2 N–H and O–H groups in total. The minimum absolute atomic E-state index is 0.0442. The van der Waals surface area contributed by atoms with Crippen molar-refractivity contribution in [2.75, 3.05) is 13.1 Å². The molecule has 1 aromatic carbocycles. The molecule has 3 aromatic rings. The molecule has 1 atom stereocenters. The van der Waals surface area contributed by atoms with Gasteiger partial charge < -0.3 is 10.6 Å². The fourth-order valence-corrected chi connectivity index (χ4v) is 4.47. The van der Waals surface area contributed by atoms with E-state index in [1.165, 1.54) is 0 Å². The van der Waals surface area contributed by atoms with Crippen molar-refractivity contribution in [1.82, 2.24) is 14.7 Å². The van der Waals surface area contributed by atoms with Crippen molar-refractivity contribution < 1.29 is 4.79 Å². The third kappa shape index (κ3) is 3.75. The van der Waals surface area contributed by atoms with Crippen molar-refractivity contribution in [2.24, 2.45) is 11.1 Å². The van der Waals surface area contributed by atoms with Crippen molar-refractivity contribution >= 4 is 17.2 Å². The van der Waals surface area contributed by atoms with Gasteiger partial charge in [-0.3, -0.25) is 9.48 Å². The Morgan fingerprint density at radius 1 is 1.25 bits per heavy atom. The molecule has 1 saturated heterocycles. The lowest BCUT2D eigenvalue weighted by atomic mass is 9.79. The number of rotatable bonds is 4. The molecule has 146 valence electrons. The Morgan fingerprint density at radius 3 is 2.71 bits per heavy atom. The lowest BCUT2D eigenvalue weighted by molar-refractivity contribution is 0.0533. The number of hydrogen-bond acceptors (Lipinski definition) is 4. The van der Waals surface area contributed by atoms with E-state index >= 15 is 0 Å². The average Bonchev–Trinajstić information content (AvgIpc) is 3.34. The predicted octanol–water partition coefficient (Wildman–Crippen LogP) is 3.86. The van der Waals surface area contributed by atoms with Crippen LogP contribution in [0.4, 0.5) is 0 Å². The van der Waals surface area contributed by atoms with E-state index in [1.807, 2.05) is 51.5 Å². The highest BCUT2D eigenvalue weighted by molar-refractivity contribution is 7.13. The number of thiophene rings is 1. The Balaban J connectivity index is 1.66. The van der Waals surface area contributed by atoms with Gasteiger partial charge in [0.15, 0.2) is 0 Å². The highest BCUT2D eigenvalue weighted by atomic mass is 32.1. The Morgan fingerprint density at radius 2 is 2.04 bits per heavy atom. The molecule has 0 saturated carbocycles. The maximum Gasteiger partial charge on any atom is 0.257 e. The lowest BCUT2D eigenvalue weighted by Gasteiger charge is -2.42. The highest BCUT2D eigenvalue weighted by Gasteiger charge is 2.36. The smallest absolute Gasteiger partial charge is 0.257 e. The monoisotopic (exact) mass is 394 g/mol. The summed E-state index contributed by atoms with van der Waals surface area (Å²) in [5, 5.41) is 6.79. The van der Waals surface area contributed by atoms with Crippen LogP contribution in [0.1, 0.15) is 36.2 Å². The van der Waals surface area contributed by atoms with Crippen LogP contribution in [-0.2, 0) is 6.54 Å². The average molecular weight is 395 g/mol. The molecule has 1 aliphatic rings. The molecule has 6 heteroatoms. The first-order valence-corrected chi connectivity index (χ1v) is 10.5. The molecule has 0 spiro atoms. The topological polar surface area (TPSA) is 64.2 Å². The minimum Gasteiger partial charge on any atom is -0.338 e. The van der Waals surface area contributed by atoms with Gasteiger partial charge in [0.2, 0.25) is 0 Å². The summed E-state index contributed by atoms with van der Waals surface area (Å²) in [6, 6.07) is 14.3. The largest absolute Gasteiger partial charge is 0.338 e. The number of carbonyl (C=O) groups is 1. The third-order valence-corrected chi connectivity index (χ3v) is 6.41. The number of piperidine rings is 1. The van der Waals surface area contributed by atoms with Crippen molar-refractivity contribution in [3.05, 3.63) is 65.2 Å². The SMILES string of the molecule is CC1(C)CN(C(=O)c2cn(Cc3ccccc3)nc2-c2cccs2)CCC1N. The van der Waals surface area contributed by atoms with Crippen LogP contribution in [0.15, 0.2) is 54.0 Å². The minimum atomic E-state index is -0.0863. The van der Waals surface area contributed by atoms with Crippen LogP contribution in [0.3, 0.4) is 0 Å². The van der Waals surface area contributed by atoms with E-state index in [9.17, 15) is 4.79 Å². The van der Waals surface area contributed by atoms with Gasteiger partial charge in [-0.2, -0.15) is 5.10 Å². The molecule has 1 aliphatic heterocycles. The Kier molecular flexibility index (Phi) is 5.08. The normalized spacial score (nSPS) is 19.0. The van der Waals surface area contributed by atoms with E-state index in [0.29, 0.717) is 25.2 Å². The number of aromatic nitrogens is 2. The molecule has 1 unspecified atom stereocenters. The van der Waals surface area contributed by atoms with Gasteiger partial charge in [-0.25, -0.2) is 0 Å². The molecule has 1 fully saturated rings. The fourth-order valence-electron chi connectivity index (χ4n) is 3.74. The molecule has 0 radical (unpaired) electrons. The Bertz CT molecular complexity index is 946. The van der Waals surface area contributed by atoms with Crippen molar-refractivity contribution in [3.8, 4) is 10.6 Å². The molecule has 1 amide bonds. The van der Waals surface area contributed by atoms with Gasteiger partial charge in [-0.1, -0.05) is 50.2 Å². The van der Waals surface area contributed by atoms with Crippen LogP contribution in [0, 0.1) is 5.41 Å². The second-order valence-electron chi connectivity index (χ2n) is 8.16. The number of nitrogens with zero attached hydrogens (tertiary/aromatic N) is 3. The second kappa shape index (κ2) is 7.53. The van der Waals surface area contributed by atoms with E-state index in [1.54, 1.807) is 11.3 Å². The maximum absolute atomic E-state index is 13.4. The summed E-state index contributed by atoms with van der Waals surface area (Å²) in [7, 11) is 0. The number of hydrogen-bond donors (Lipinski definition) is 1. The molecular formula is C22H26N4OS. The molecule has 4 rings (SSSR count). The van der Waals surface area contributed by atoms with Gasteiger partial charge in [0.25, 0.3) is 5.91 Å². The van der Waals surface area contributed by atoms with Crippen LogP contribution in [-0.4, -0.2) is 39.7 Å². The van der Waals surface area contributed by atoms with Gasteiger partial charge in [0, 0.05) is 25.3 Å². The molecule has 28 heavy (non-hydrogen) atoms. The van der Waals surface area contributed by atoms with Crippen LogP contribution in [0.25, 0.3) is 10.6 Å². The van der Waals surface area contributed by atoms with E-state index in [0.717, 1.165) is 22.6 Å². The van der Waals surface area contributed by atoms with E-state index in [2.05, 4.69) is 26.0 Å². The predicted molar refractivity (Wildman–Crippen MR) is 113 cm³/mol. The summed E-state index contributed by atoms with van der Waals surface area (Å²) in [4.78, 5) is 16.4. The molecule has 0 bridgehead atoms.